The van der Waals surface area contributed by atoms with Crippen molar-refractivity contribution in [1.29, 1.82) is 5.26 Å². The second-order valence-electron chi connectivity index (χ2n) is 5.75. The van der Waals surface area contributed by atoms with Gasteiger partial charge in [-0.2, -0.15) is 10.4 Å². The molecule has 1 aromatic carbocycles. The van der Waals surface area contributed by atoms with Gasteiger partial charge in [0, 0.05) is 26.1 Å². The quantitative estimate of drug-likeness (QED) is 0.916. The van der Waals surface area contributed by atoms with Gasteiger partial charge in [0.25, 0.3) is 0 Å². The first kappa shape index (κ1) is 15.7. The Labute approximate surface area is 136 Å². The van der Waals surface area contributed by atoms with E-state index in [2.05, 4.69) is 33.1 Å². The van der Waals surface area contributed by atoms with E-state index in [4.69, 9.17) is 4.74 Å². The number of H-pyrrole nitrogens is 1. The molecule has 1 N–H and O–H groups in total. The summed E-state index contributed by atoms with van der Waals surface area (Å²) < 4.78 is 5.83. The van der Waals surface area contributed by atoms with Crippen molar-refractivity contribution in [2.45, 2.75) is 32.4 Å². The molecule has 2 heterocycles. The molecule has 0 saturated carbocycles. The molecule has 23 heavy (non-hydrogen) atoms. The first-order valence-corrected chi connectivity index (χ1v) is 8.03. The summed E-state index contributed by atoms with van der Waals surface area (Å²) in [5, 5.41) is 16.5. The summed E-state index contributed by atoms with van der Waals surface area (Å²) in [4.78, 5) is 6.82. The number of hydrogen-bond donors (Lipinski definition) is 1. The van der Waals surface area contributed by atoms with Gasteiger partial charge in [-0.25, -0.2) is 4.98 Å². The third-order valence-electron chi connectivity index (χ3n) is 4.01. The normalized spacial score (nSPS) is 18.7. The number of benzene rings is 1. The van der Waals surface area contributed by atoms with Crippen LogP contribution < -0.4 is 0 Å². The second-order valence-corrected chi connectivity index (χ2v) is 5.75. The standard InChI is InChI=1S/C17H21N5O/c1-2-5-16-19-17(21-20-16)15-12-22(8-9-23-15)11-14-7-4-3-6-13(14)10-18/h3-4,6-7,15H,2,5,8-9,11-12H2,1H3,(H,19,20,21)/t15-/m1/s1. The van der Waals surface area contributed by atoms with Gasteiger partial charge in [0.1, 0.15) is 11.9 Å². The molecule has 1 aromatic heterocycles. The topological polar surface area (TPSA) is 77.8 Å². The highest BCUT2D eigenvalue weighted by molar-refractivity contribution is 5.37. The third kappa shape index (κ3) is 3.76. The van der Waals surface area contributed by atoms with Crippen molar-refractivity contribution in [2.75, 3.05) is 19.7 Å². The van der Waals surface area contributed by atoms with Crippen LogP contribution in [0.5, 0.6) is 0 Å². The molecule has 0 spiro atoms. The number of morpholine rings is 1. The van der Waals surface area contributed by atoms with Gasteiger partial charge in [-0.3, -0.25) is 10.00 Å². The smallest absolute Gasteiger partial charge is 0.180 e. The highest BCUT2D eigenvalue weighted by Crippen LogP contribution is 2.21. The lowest BCUT2D eigenvalue weighted by molar-refractivity contribution is -0.0371. The van der Waals surface area contributed by atoms with Gasteiger partial charge in [-0.05, 0) is 18.1 Å². The number of aromatic amines is 1. The van der Waals surface area contributed by atoms with Crippen molar-refractivity contribution in [3.05, 3.63) is 47.0 Å². The van der Waals surface area contributed by atoms with E-state index in [9.17, 15) is 5.26 Å². The summed E-state index contributed by atoms with van der Waals surface area (Å²) >= 11 is 0. The average molecular weight is 311 g/mol. The molecule has 0 aliphatic carbocycles. The van der Waals surface area contributed by atoms with E-state index < -0.39 is 0 Å². The molecule has 6 nitrogen and oxygen atoms in total. The Morgan fingerprint density at radius 1 is 1.43 bits per heavy atom. The Hall–Kier alpha value is -2.23. The van der Waals surface area contributed by atoms with Gasteiger partial charge in [0.05, 0.1) is 18.2 Å². The zero-order valence-corrected chi connectivity index (χ0v) is 13.3. The zero-order chi connectivity index (χ0) is 16.1. The first-order chi connectivity index (χ1) is 11.3. The maximum absolute atomic E-state index is 9.21. The monoisotopic (exact) mass is 311 g/mol. The minimum Gasteiger partial charge on any atom is -0.367 e. The Morgan fingerprint density at radius 2 is 2.30 bits per heavy atom. The molecule has 6 heteroatoms. The molecule has 3 rings (SSSR count). The van der Waals surface area contributed by atoms with Crippen molar-refractivity contribution < 1.29 is 4.74 Å². The van der Waals surface area contributed by atoms with Crippen LogP contribution in [0.2, 0.25) is 0 Å². The Kier molecular flexibility index (Phi) is 5.01. The lowest BCUT2D eigenvalue weighted by atomic mass is 10.1. The molecule has 0 bridgehead atoms. The fourth-order valence-electron chi connectivity index (χ4n) is 2.81. The second kappa shape index (κ2) is 7.36. The maximum Gasteiger partial charge on any atom is 0.180 e. The van der Waals surface area contributed by atoms with Crippen molar-refractivity contribution in [2.24, 2.45) is 0 Å². The van der Waals surface area contributed by atoms with Crippen molar-refractivity contribution in [1.82, 2.24) is 20.1 Å². The van der Waals surface area contributed by atoms with Crippen molar-refractivity contribution in [3.8, 4) is 6.07 Å². The molecule has 2 aromatic rings. The number of aryl methyl sites for hydroxylation is 1. The molecule has 0 radical (unpaired) electrons. The Morgan fingerprint density at radius 3 is 3.13 bits per heavy atom. The van der Waals surface area contributed by atoms with Gasteiger partial charge in [0.15, 0.2) is 5.82 Å². The summed E-state index contributed by atoms with van der Waals surface area (Å²) in [5.41, 5.74) is 1.79. The van der Waals surface area contributed by atoms with E-state index >= 15 is 0 Å². The highest BCUT2D eigenvalue weighted by Gasteiger charge is 2.25. The lowest BCUT2D eigenvalue weighted by Gasteiger charge is -2.31. The minimum absolute atomic E-state index is 0.111. The molecule has 1 fully saturated rings. The van der Waals surface area contributed by atoms with Crippen LogP contribution >= 0.6 is 0 Å². The van der Waals surface area contributed by atoms with Crippen molar-refractivity contribution >= 4 is 0 Å². The van der Waals surface area contributed by atoms with E-state index in [0.29, 0.717) is 6.61 Å². The third-order valence-corrected chi connectivity index (χ3v) is 4.01. The van der Waals surface area contributed by atoms with Gasteiger partial charge >= 0.3 is 0 Å². The Balaban J connectivity index is 1.67. The average Bonchev–Trinajstić information content (AvgIpc) is 3.05. The van der Waals surface area contributed by atoms with E-state index in [1.165, 1.54) is 0 Å². The molecule has 0 amide bonds. The van der Waals surface area contributed by atoms with Gasteiger partial charge < -0.3 is 4.74 Å². The molecule has 120 valence electrons. The maximum atomic E-state index is 9.21. The minimum atomic E-state index is -0.111. The number of ether oxygens (including phenoxy) is 1. The lowest BCUT2D eigenvalue weighted by Crippen LogP contribution is -2.38. The molecule has 1 aliphatic rings. The zero-order valence-electron chi connectivity index (χ0n) is 13.3. The fourth-order valence-corrected chi connectivity index (χ4v) is 2.81. The summed E-state index contributed by atoms with van der Waals surface area (Å²) in [5.74, 6) is 1.64. The molecule has 0 unspecified atom stereocenters. The summed E-state index contributed by atoms with van der Waals surface area (Å²) in [6.45, 7) is 5.10. The van der Waals surface area contributed by atoms with Crippen LogP contribution in [0, 0.1) is 11.3 Å². The fraction of sp³-hybridized carbons (Fsp3) is 0.471. The van der Waals surface area contributed by atoms with Crippen molar-refractivity contribution in [3.63, 3.8) is 0 Å². The SMILES string of the molecule is CCCc1nc([C@H]2CN(Cc3ccccc3C#N)CCO2)n[nH]1. The molecule has 1 atom stereocenters. The number of rotatable bonds is 5. The summed E-state index contributed by atoms with van der Waals surface area (Å²) in [6.07, 6.45) is 1.83. The molecule has 1 saturated heterocycles. The van der Waals surface area contributed by atoms with Crippen LogP contribution in [0.15, 0.2) is 24.3 Å². The van der Waals surface area contributed by atoms with Crippen LogP contribution in [0.4, 0.5) is 0 Å². The van der Waals surface area contributed by atoms with Crippen LogP contribution in [-0.2, 0) is 17.7 Å². The van der Waals surface area contributed by atoms with Gasteiger partial charge in [-0.1, -0.05) is 25.1 Å². The van der Waals surface area contributed by atoms with E-state index in [-0.39, 0.29) is 6.10 Å². The van der Waals surface area contributed by atoms with Crippen LogP contribution in [-0.4, -0.2) is 39.8 Å². The molecular weight excluding hydrogens is 290 g/mol. The summed E-state index contributed by atoms with van der Waals surface area (Å²) in [7, 11) is 0. The summed E-state index contributed by atoms with van der Waals surface area (Å²) in [6, 6.07) is 10.00. The van der Waals surface area contributed by atoms with E-state index in [1.54, 1.807) is 0 Å². The number of nitrogens with one attached hydrogen (secondary N) is 1. The largest absolute Gasteiger partial charge is 0.367 e. The molecule has 1 aliphatic heterocycles. The molecular formula is C17H21N5O. The number of aromatic nitrogens is 3. The Bertz CT molecular complexity index is 690. The van der Waals surface area contributed by atoms with Crippen LogP contribution in [0.1, 0.15) is 42.2 Å². The number of hydrogen-bond acceptors (Lipinski definition) is 5. The predicted molar refractivity (Wildman–Crippen MR) is 85.5 cm³/mol. The highest BCUT2D eigenvalue weighted by atomic mass is 16.5. The van der Waals surface area contributed by atoms with Crippen LogP contribution in [0.3, 0.4) is 0 Å². The number of nitriles is 1. The van der Waals surface area contributed by atoms with Gasteiger partial charge in [-0.15, -0.1) is 0 Å². The van der Waals surface area contributed by atoms with E-state index in [0.717, 1.165) is 55.3 Å². The van der Waals surface area contributed by atoms with E-state index in [1.807, 2.05) is 24.3 Å². The first-order valence-electron chi connectivity index (χ1n) is 8.03. The predicted octanol–water partition coefficient (Wildman–Crippen LogP) is 2.20. The van der Waals surface area contributed by atoms with Gasteiger partial charge in [0.2, 0.25) is 0 Å². The van der Waals surface area contributed by atoms with Crippen LogP contribution in [0.25, 0.3) is 0 Å². The number of nitrogens with zero attached hydrogens (tertiary/aromatic N) is 4.